The maximum atomic E-state index is 13.5. The molecule has 1 aliphatic heterocycles. The fourth-order valence-corrected chi connectivity index (χ4v) is 4.31. The Kier molecular flexibility index (Phi) is 6.47. The van der Waals surface area contributed by atoms with Crippen LogP contribution in [0.4, 0.5) is 10.1 Å². The average Bonchev–Trinajstić information content (AvgIpc) is 2.79. The van der Waals surface area contributed by atoms with E-state index in [1.807, 2.05) is 35.2 Å². The molecule has 0 unspecified atom stereocenters. The highest BCUT2D eigenvalue weighted by atomic mass is 19.1. The molecule has 1 amide bonds. The molecule has 160 valence electrons. The van der Waals surface area contributed by atoms with Gasteiger partial charge in [0.05, 0.1) is 0 Å². The molecule has 1 fully saturated rings. The van der Waals surface area contributed by atoms with Gasteiger partial charge >= 0.3 is 0 Å². The van der Waals surface area contributed by atoms with E-state index in [1.165, 1.54) is 28.8 Å². The highest BCUT2D eigenvalue weighted by Crippen LogP contribution is 2.27. The van der Waals surface area contributed by atoms with Gasteiger partial charge in [0.15, 0.2) is 0 Å². The van der Waals surface area contributed by atoms with Crippen LogP contribution in [-0.4, -0.2) is 29.9 Å². The van der Waals surface area contributed by atoms with Crippen molar-refractivity contribution < 1.29 is 9.18 Å². The maximum absolute atomic E-state index is 13.5. The van der Waals surface area contributed by atoms with Crippen LogP contribution in [-0.2, 0) is 6.54 Å². The first-order valence-corrected chi connectivity index (χ1v) is 10.9. The Labute approximate surface area is 184 Å². The summed E-state index contributed by atoms with van der Waals surface area (Å²) in [5.41, 5.74) is 5.38. The number of aryl methyl sites for hydroxylation is 2. The third-order valence-corrected chi connectivity index (χ3v) is 6.24. The number of nitrogens with zero attached hydrogens (tertiary/aromatic N) is 2. The van der Waals surface area contributed by atoms with Crippen LogP contribution in [0, 0.1) is 19.7 Å². The molecule has 0 saturated carbocycles. The van der Waals surface area contributed by atoms with Crippen molar-refractivity contribution in [3.05, 3.63) is 101 Å². The second-order valence-corrected chi connectivity index (χ2v) is 8.44. The molecule has 0 N–H and O–H groups in total. The lowest BCUT2D eigenvalue weighted by molar-refractivity contribution is 0.0958. The normalized spacial score (nSPS) is 15.1. The summed E-state index contributed by atoms with van der Waals surface area (Å²) in [5.74, 6) is -0.320. The number of likely N-dealkylation sites (tertiary alicyclic amines) is 1. The van der Waals surface area contributed by atoms with Crippen LogP contribution in [0.5, 0.6) is 0 Å². The van der Waals surface area contributed by atoms with Gasteiger partial charge in [-0.2, -0.15) is 0 Å². The first-order chi connectivity index (χ1) is 15.0. The third-order valence-electron chi connectivity index (χ3n) is 6.24. The van der Waals surface area contributed by atoms with Crippen LogP contribution in [0.15, 0.2) is 72.8 Å². The Morgan fingerprint density at radius 1 is 0.935 bits per heavy atom. The van der Waals surface area contributed by atoms with Gasteiger partial charge in [-0.05, 0) is 79.8 Å². The zero-order valence-corrected chi connectivity index (χ0v) is 18.2. The number of hydrogen-bond donors (Lipinski definition) is 0. The Bertz CT molecular complexity index is 1020. The zero-order chi connectivity index (χ0) is 21.8. The minimum atomic E-state index is -0.293. The topological polar surface area (TPSA) is 23.6 Å². The van der Waals surface area contributed by atoms with Gasteiger partial charge in [0.2, 0.25) is 0 Å². The minimum Gasteiger partial charge on any atom is -0.305 e. The molecule has 3 aromatic carbocycles. The molecule has 0 bridgehead atoms. The number of carbonyl (C=O) groups is 1. The summed E-state index contributed by atoms with van der Waals surface area (Å²) < 4.78 is 13.5. The van der Waals surface area contributed by atoms with Crippen LogP contribution in [0.1, 0.15) is 39.9 Å². The van der Waals surface area contributed by atoms with E-state index in [0.717, 1.165) is 38.2 Å². The molecule has 4 heteroatoms. The fourth-order valence-electron chi connectivity index (χ4n) is 4.31. The monoisotopic (exact) mass is 416 g/mol. The molecular formula is C27H29FN2O. The minimum absolute atomic E-state index is 0.0279. The summed E-state index contributed by atoms with van der Waals surface area (Å²) in [4.78, 5) is 17.7. The summed E-state index contributed by atoms with van der Waals surface area (Å²) in [6.45, 7) is 7.07. The van der Waals surface area contributed by atoms with Gasteiger partial charge in [-0.3, -0.25) is 9.69 Å². The van der Waals surface area contributed by atoms with E-state index < -0.39 is 0 Å². The van der Waals surface area contributed by atoms with E-state index in [9.17, 15) is 9.18 Å². The van der Waals surface area contributed by atoms with Gasteiger partial charge in [0, 0.05) is 36.9 Å². The molecule has 1 heterocycles. The highest BCUT2D eigenvalue weighted by molar-refractivity contribution is 6.06. The number of anilines is 1. The first kappa shape index (κ1) is 21.3. The van der Waals surface area contributed by atoms with Gasteiger partial charge in [0.1, 0.15) is 5.82 Å². The molecule has 4 rings (SSSR count). The smallest absolute Gasteiger partial charge is 0.258 e. The quantitative estimate of drug-likeness (QED) is 0.528. The van der Waals surface area contributed by atoms with E-state index in [0.29, 0.717) is 5.56 Å². The zero-order valence-electron chi connectivity index (χ0n) is 18.2. The van der Waals surface area contributed by atoms with E-state index in [1.54, 1.807) is 12.1 Å². The van der Waals surface area contributed by atoms with E-state index in [-0.39, 0.29) is 17.8 Å². The van der Waals surface area contributed by atoms with Crippen LogP contribution in [0.3, 0.4) is 0 Å². The number of hydrogen-bond acceptors (Lipinski definition) is 2. The number of benzene rings is 3. The molecule has 0 aliphatic carbocycles. The van der Waals surface area contributed by atoms with Crippen molar-refractivity contribution >= 4 is 11.6 Å². The van der Waals surface area contributed by atoms with Gasteiger partial charge in [-0.25, -0.2) is 4.39 Å². The molecule has 1 saturated heterocycles. The SMILES string of the molecule is Cc1ccc(CN2CCC(N(C(=O)c3ccccc3)c3ccc(F)cc3)CC2)cc1C. The molecule has 0 radical (unpaired) electrons. The Hall–Kier alpha value is -2.98. The number of amides is 1. The number of halogens is 1. The van der Waals surface area contributed by atoms with Crippen LogP contribution < -0.4 is 4.90 Å². The summed E-state index contributed by atoms with van der Waals surface area (Å²) >= 11 is 0. The largest absolute Gasteiger partial charge is 0.305 e. The predicted molar refractivity (Wildman–Crippen MR) is 124 cm³/mol. The molecule has 0 atom stereocenters. The number of piperidine rings is 1. The lowest BCUT2D eigenvalue weighted by Gasteiger charge is -2.38. The molecule has 3 nitrogen and oxygen atoms in total. The van der Waals surface area contributed by atoms with Crippen LogP contribution in [0.25, 0.3) is 0 Å². The van der Waals surface area contributed by atoms with Crippen LogP contribution >= 0.6 is 0 Å². The molecule has 0 aromatic heterocycles. The van der Waals surface area contributed by atoms with Crippen molar-refractivity contribution in [2.75, 3.05) is 18.0 Å². The van der Waals surface area contributed by atoms with Crippen molar-refractivity contribution in [1.82, 2.24) is 4.90 Å². The summed E-state index contributed by atoms with van der Waals surface area (Å²) in [7, 11) is 0. The van der Waals surface area contributed by atoms with Crippen molar-refractivity contribution in [3.8, 4) is 0 Å². The summed E-state index contributed by atoms with van der Waals surface area (Å²) in [6.07, 6.45) is 1.78. The molecule has 3 aromatic rings. The maximum Gasteiger partial charge on any atom is 0.258 e. The molecule has 0 spiro atoms. The third kappa shape index (κ3) is 5.02. The van der Waals surface area contributed by atoms with Gasteiger partial charge in [0.25, 0.3) is 5.91 Å². The number of carbonyl (C=O) groups excluding carboxylic acids is 1. The average molecular weight is 417 g/mol. The Morgan fingerprint density at radius 2 is 1.61 bits per heavy atom. The van der Waals surface area contributed by atoms with Crippen molar-refractivity contribution in [1.29, 1.82) is 0 Å². The first-order valence-electron chi connectivity index (χ1n) is 10.9. The Morgan fingerprint density at radius 3 is 2.26 bits per heavy atom. The van der Waals surface area contributed by atoms with E-state index in [4.69, 9.17) is 0 Å². The molecule has 31 heavy (non-hydrogen) atoms. The standard InChI is InChI=1S/C27H29FN2O/c1-20-8-9-22(18-21(20)2)19-29-16-14-26(15-17-29)30(25-12-10-24(28)11-13-25)27(31)23-6-4-3-5-7-23/h3-13,18,26H,14-17,19H2,1-2H3. The van der Waals surface area contributed by atoms with E-state index in [2.05, 4.69) is 36.9 Å². The predicted octanol–water partition coefficient (Wildman–Crippen LogP) is 5.75. The number of rotatable bonds is 5. The van der Waals surface area contributed by atoms with Crippen molar-refractivity contribution in [2.45, 2.75) is 39.3 Å². The fraction of sp³-hybridized carbons (Fsp3) is 0.296. The second-order valence-electron chi connectivity index (χ2n) is 8.44. The molecular weight excluding hydrogens is 387 g/mol. The van der Waals surface area contributed by atoms with Crippen molar-refractivity contribution in [2.24, 2.45) is 0 Å². The van der Waals surface area contributed by atoms with Crippen molar-refractivity contribution in [3.63, 3.8) is 0 Å². The molecule has 1 aliphatic rings. The van der Waals surface area contributed by atoms with Gasteiger partial charge in [-0.15, -0.1) is 0 Å². The van der Waals surface area contributed by atoms with E-state index >= 15 is 0 Å². The lowest BCUT2D eigenvalue weighted by atomic mass is 9.99. The van der Waals surface area contributed by atoms with Gasteiger partial charge < -0.3 is 4.90 Å². The van der Waals surface area contributed by atoms with Crippen LogP contribution in [0.2, 0.25) is 0 Å². The Balaban J connectivity index is 1.49. The van der Waals surface area contributed by atoms with Gasteiger partial charge in [-0.1, -0.05) is 36.4 Å². The lowest BCUT2D eigenvalue weighted by Crippen LogP contribution is -2.47. The summed E-state index contributed by atoms with van der Waals surface area (Å²) in [6, 6.07) is 22.4. The summed E-state index contributed by atoms with van der Waals surface area (Å²) in [5, 5.41) is 0. The highest BCUT2D eigenvalue weighted by Gasteiger charge is 2.30. The second kappa shape index (κ2) is 9.44.